The van der Waals surface area contributed by atoms with Gasteiger partial charge in [0.2, 0.25) is 0 Å². The number of carbonyl (C=O) groups excluding carboxylic acids is 1. The van der Waals surface area contributed by atoms with Gasteiger partial charge in [-0.3, -0.25) is 14.8 Å². The Bertz CT molecular complexity index is 1350. The number of amides is 1. The van der Waals surface area contributed by atoms with E-state index < -0.39 is 21.0 Å². The molecule has 33 heavy (non-hydrogen) atoms. The Morgan fingerprint density at radius 3 is 2.52 bits per heavy atom. The lowest BCUT2D eigenvalue weighted by molar-refractivity contribution is -0.128. The van der Waals surface area contributed by atoms with Crippen molar-refractivity contribution in [2.45, 2.75) is 24.8 Å². The minimum Gasteiger partial charge on any atom is -0.315 e. The number of benzene rings is 2. The standard InChI is InChI=1S/C23H26FN3O5S/c1-26(2)14-15-4-6-18(20(24)12-15)16-5-7-19-17(13-16)8-10-27(23(19)29)11-9-21(22(28)25-30)33(3,31)32/h4-8,10,12-13,21,30H,9,11,14H2,1-3H3,(H,25,28)/t21-/m1/s1. The van der Waals surface area contributed by atoms with Gasteiger partial charge in [0.25, 0.3) is 11.5 Å². The predicted molar refractivity (Wildman–Crippen MR) is 124 cm³/mol. The molecule has 0 unspecified atom stereocenters. The van der Waals surface area contributed by atoms with Crippen molar-refractivity contribution < 1.29 is 22.8 Å². The minimum atomic E-state index is -3.78. The lowest BCUT2D eigenvalue weighted by Crippen LogP contribution is -2.39. The fourth-order valence-electron chi connectivity index (χ4n) is 3.76. The second kappa shape index (κ2) is 9.82. The highest BCUT2D eigenvalue weighted by Gasteiger charge is 2.28. The fourth-order valence-corrected chi connectivity index (χ4v) is 4.73. The molecule has 3 aromatic rings. The number of aromatic nitrogens is 1. The smallest absolute Gasteiger partial charge is 0.261 e. The van der Waals surface area contributed by atoms with Crippen molar-refractivity contribution in [3.63, 3.8) is 0 Å². The number of sulfone groups is 1. The number of nitrogens with one attached hydrogen (secondary N) is 1. The maximum absolute atomic E-state index is 14.7. The van der Waals surface area contributed by atoms with Gasteiger partial charge >= 0.3 is 0 Å². The summed E-state index contributed by atoms with van der Waals surface area (Å²) in [6.07, 6.45) is 2.21. The molecule has 0 aliphatic rings. The van der Waals surface area contributed by atoms with E-state index in [-0.39, 0.29) is 24.3 Å². The van der Waals surface area contributed by atoms with Crippen molar-refractivity contribution in [2.75, 3.05) is 20.4 Å². The third-order valence-electron chi connectivity index (χ3n) is 5.37. The van der Waals surface area contributed by atoms with Crippen LogP contribution in [-0.2, 0) is 27.7 Å². The topological polar surface area (TPSA) is 109 Å². The SMILES string of the molecule is CN(C)Cc1ccc(-c2ccc3c(=O)n(CC[C@H](C(=O)NO)S(C)(=O)=O)ccc3c2)c(F)c1. The van der Waals surface area contributed by atoms with E-state index in [2.05, 4.69) is 0 Å². The van der Waals surface area contributed by atoms with E-state index >= 15 is 0 Å². The van der Waals surface area contributed by atoms with Crippen LogP contribution in [0.3, 0.4) is 0 Å². The lowest BCUT2D eigenvalue weighted by atomic mass is 10.00. The molecule has 0 radical (unpaired) electrons. The number of hydrogen-bond donors (Lipinski definition) is 2. The predicted octanol–water partition coefficient (Wildman–Crippen LogP) is 2.18. The highest BCUT2D eigenvalue weighted by atomic mass is 32.2. The van der Waals surface area contributed by atoms with Crippen LogP contribution < -0.4 is 11.0 Å². The Balaban J connectivity index is 1.89. The summed E-state index contributed by atoms with van der Waals surface area (Å²) in [5.74, 6) is -1.40. The van der Waals surface area contributed by atoms with Crippen molar-refractivity contribution in [3.8, 4) is 11.1 Å². The van der Waals surface area contributed by atoms with Gasteiger partial charge in [0.1, 0.15) is 11.1 Å². The molecule has 3 rings (SSSR count). The first-order valence-electron chi connectivity index (χ1n) is 10.2. The Labute approximate surface area is 191 Å². The van der Waals surface area contributed by atoms with Crippen molar-refractivity contribution in [1.29, 1.82) is 0 Å². The third kappa shape index (κ3) is 5.65. The second-order valence-electron chi connectivity index (χ2n) is 8.25. The van der Waals surface area contributed by atoms with Gasteiger partial charge in [-0.2, -0.15) is 0 Å². The van der Waals surface area contributed by atoms with Gasteiger partial charge in [0, 0.05) is 36.5 Å². The van der Waals surface area contributed by atoms with E-state index in [1.54, 1.807) is 30.3 Å². The minimum absolute atomic E-state index is 0.0380. The van der Waals surface area contributed by atoms with Gasteiger partial charge < -0.3 is 9.47 Å². The van der Waals surface area contributed by atoms with Gasteiger partial charge in [-0.05, 0) is 61.3 Å². The van der Waals surface area contributed by atoms with Crippen molar-refractivity contribution in [1.82, 2.24) is 14.9 Å². The average molecular weight is 476 g/mol. The quantitative estimate of drug-likeness (QED) is 0.382. The number of hydrogen-bond acceptors (Lipinski definition) is 6. The van der Waals surface area contributed by atoms with Crippen LogP contribution in [0.5, 0.6) is 0 Å². The number of hydroxylamine groups is 1. The van der Waals surface area contributed by atoms with Crippen LogP contribution in [0.15, 0.2) is 53.5 Å². The summed E-state index contributed by atoms with van der Waals surface area (Å²) >= 11 is 0. The number of aryl methyl sites for hydroxylation is 1. The molecule has 2 aromatic carbocycles. The van der Waals surface area contributed by atoms with Gasteiger partial charge in [-0.1, -0.05) is 18.2 Å². The van der Waals surface area contributed by atoms with E-state index in [1.165, 1.54) is 22.3 Å². The number of nitrogens with zero attached hydrogens (tertiary/aromatic N) is 2. The molecule has 0 saturated heterocycles. The van der Waals surface area contributed by atoms with Gasteiger partial charge in [-0.25, -0.2) is 18.3 Å². The molecule has 176 valence electrons. The molecule has 1 atom stereocenters. The number of pyridine rings is 1. The van der Waals surface area contributed by atoms with Gasteiger partial charge in [0.15, 0.2) is 9.84 Å². The summed E-state index contributed by atoms with van der Waals surface area (Å²) in [5, 5.41) is 8.30. The van der Waals surface area contributed by atoms with Crippen molar-refractivity contribution in [2.24, 2.45) is 0 Å². The molecule has 0 aliphatic heterocycles. The number of carbonyl (C=O) groups is 1. The van der Waals surface area contributed by atoms with Crippen LogP contribution in [0.25, 0.3) is 21.9 Å². The highest BCUT2D eigenvalue weighted by Crippen LogP contribution is 2.26. The fraction of sp³-hybridized carbons (Fsp3) is 0.304. The summed E-state index contributed by atoms with van der Waals surface area (Å²) in [7, 11) is 0.0371. The molecule has 0 aliphatic carbocycles. The maximum atomic E-state index is 14.7. The van der Waals surface area contributed by atoms with Gasteiger partial charge in [-0.15, -0.1) is 0 Å². The molecule has 8 nitrogen and oxygen atoms in total. The summed E-state index contributed by atoms with van der Waals surface area (Å²) in [5.41, 5.74) is 2.90. The average Bonchev–Trinajstić information content (AvgIpc) is 2.73. The summed E-state index contributed by atoms with van der Waals surface area (Å²) in [6, 6.07) is 11.7. The summed E-state index contributed by atoms with van der Waals surface area (Å²) in [4.78, 5) is 26.5. The zero-order valence-corrected chi connectivity index (χ0v) is 19.4. The van der Waals surface area contributed by atoms with E-state index in [4.69, 9.17) is 5.21 Å². The van der Waals surface area contributed by atoms with Gasteiger partial charge in [0.05, 0.1) is 0 Å². The molecular formula is C23H26FN3O5S. The van der Waals surface area contributed by atoms with Crippen molar-refractivity contribution in [3.05, 3.63) is 70.4 Å². The molecule has 0 fully saturated rings. The first-order valence-corrected chi connectivity index (χ1v) is 12.2. The number of halogens is 1. The monoisotopic (exact) mass is 475 g/mol. The Hall–Kier alpha value is -3.08. The largest absolute Gasteiger partial charge is 0.315 e. The Morgan fingerprint density at radius 2 is 1.91 bits per heavy atom. The summed E-state index contributed by atoms with van der Waals surface area (Å²) < 4.78 is 39.7. The van der Waals surface area contributed by atoms with Crippen LogP contribution in [0.4, 0.5) is 4.39 Å². The molecule has 0 bridgehead atoms. The van der Waals surface area contributed by atoms with Crippen LogP contribution in [0, 0.1) is 5.82 Å². The summed E-state index contributed by atoms with van der Waals surface area (Å²) in [6.45, 7) is 0.582. The molecule has 2 N–H and O–H groups in total. The van der Waals surface area contributed by atoms with Crippen LogP contribution in [0.1, 0.15) is 12.0 Å². The van der Waals surface area contributed by atoms with Crippen molar-refractivity contribution >= 4 is 26.5 Å². The van der Waals surface area contributed by atoms with Crippen LogP contribution in [-0.4, -0.2) is 54.6 Å². The Kier molecular flexibility index (Phi) is 7.31. The molecular weight excluding hydrogens is 449 g/mol. The molecule has 0 saturated carbocycles. The molecule has 1 aromatic heterocycles. The second-order valence-corrected chi connectivity index (χ2v) is 10.5. The highest BCUT2D eigenvalue weighted by molar-refractivity contribution is 7.92. The van der Waals surface area contributed by atoms with Crippen LogP contribution >= 0.6 is 0 Å². The third-order valence-corrected chi connectivity index (χ3v) is 6.86. The zero-order chi connectivity index (χ0) is 24.3. The molecule has 10 heteroatoms. The number of fused-ring (bicyclic) bond motifs is 1. The first-order chi connectivity index (χ1) is 15.5. The van der Waals surface area contributed by atoms with E-state index in [0.29, 0.717) is 28.4 Å². The van der Waals surface area contributed by atoms with E-state index in [1.807, 2.05) is 25.1 Å². The zero-order valence-electron chi connectivity index (χ0n) is 18.6. The normalized spacial score (nSPS) is 12.8. The Morgan fingerprint density at radius 1 is 1.18 bits per heavy atom. The van der Waals surface area contributed by atoms with E-state index in [9.17, 15) is 22.4 Å². The molecule has 1 heterocycles. The molecule has 0 spiro atoms. The number of rotatable bonds is 8. The van der Waals surface area contributed by atoms with Crippen LogP contribution in [0.2, 0.25) is 0 Å². The first kappa shape index (κ1) is 24.6. The van der Waals surface area contributed by atoms with E-state index in [0.717, 1.165) is 11.8 Å². The maximum Gasteiger partial charge on any atom is 0.261 e. The molecule has 1 amide bonds. The lowest BCUT2D eigenvalue weighted by Gasteiger charge is -2.14.